The van der Waals surface area contributed by atoms with Gasteiger partial charge in [-0.2, -0.15) is 0 Å². The molecule has 1 aromatic carbocycles. The summed E-state index contributed by atoms with van der Waals surface area (Å²) in [5.74, 6) is 0. The molecule has 2 rings (SSSR count). The smallest absolute Gasteiger partial charge is 0.0463 e. The molecular formula is C13H18ClN. The van der Waals surface area contributed by atoms with E-state index < -0.39 is 0 Å². The second-order valence-electron chi connectivity index (χ2n) is 4.40. The Morgan fingerprint density at radius 2 is 2.20 bits per heavy atom. The molecule has 15 heavy (non-hydrogen) atoms. The molecule has 0 bridgehead atoms. The number of likely N-dealkylation sites (tertiary alicyclic amines) is 1. The lowest BCUT2D eigenvalue weighted by Gasteiger charge is -2.30. The van der Waals surface area contributed by atoms with E-state index in [9.17, 15) is 0 Å². The fraction of sp³-hybridized carbons (Fsp3) is 0.538. The fourth-order valence-electron chi connectivity index (χ4n) is 2.17. The zero-order valence-electron chi connectivity index (χ0n) is 9.25. The summed E-state index contributed by atoms with van der Waals surface area (Å²) in [5.41, 5.74) is 2.82. The molecule has 1 fully saturated rings. The van der Waals surface area contributed by atoms with Gasteiger partial charge in [-0.3, -0.25) is 4.90 Å². The minimum absolute atomic E-state index is 0.350. The third-order valence-corrected chi connectivity index (χ3v) is 3.46. The normalized spacial score (nSPS) is 22.9. The number of hydrogen-bond donors (Lipinski definition) is 0. The van der Waals surface area contributed by atoms with Crippen molar-refractivity contribution in [1.82, 2.24) is 4.90 Å². The summed E-state index contributed by atoms with van der Waals surface area (Å²) >= 11 is 6.18. The van der Waals surface area contributed by atoms with Crippen molar-refractivity contribution in [2.24, 2.45) is 0 Å². The van der Waals surface area contributed by atoms with Crippen LogP contribution in [0.1, 0.15) is 24.0 Å². The molecule has 1 atom stereocenters. The lowest BCUT2D eigenvalue weighted by atomic mass is 10.1. The fourth-order valence-corrected chi connectivity index (χ4v) is 2.52. The van der Waals surface area contributed by atoms with Gasteiger partial charge >= 0.3 is 0 Å². The van der Waals surface area contributed by atoms with E-state index in [0.717, 1.165) is 13.1 Å². The number of piperidine rings is 1. The van der Waals surface area contributed by atoms with E-state index in [1.807, 2.05) is 0 Å². The van der Waals surface area contributed by atoms with Crippen LogP contribution >= 0.6 is 11.6 Å². The number of hydrogen-bond acceptors (Lipinski definition) is 1. The van der Waals surface area contributed by atoms with Crippen LogP contribution in [0.25, 0.3) is 0 Å². The molecule has 1 aliphatic heterocycles. The molecule has 0 radical (unpaired) electrons. The molecule has 1 heterocycles. The van der Waals surface area contributed by atoms with Crippen LogP contribution in [-0.2, 0) is 6.54 Å². The van der Waals surface area contributed by atoms with Gasteiger partial charge in [-0.1, -0.05) is 24.3 Å². The summed E-state index contributed by atoms with van der Waals surface area (Å²) in [6, 6.07) is 8.61. The summed E-state index contributed by atoms with van der Waals surface area (Å²) in [6.07, 6.45) is 2.41. The van der Waals surface area contributed by atoms with Gasteiger partial charge in [0.1, 0.15) is 0 Å². The molecule has 2 heteroatoms. The molecule has 1 unspecified atom stereocenters. The van der Waals surface area contributed by atoms with E-state index in [4.69, 9.17) is 11.6 Å². The molecule has 1 saturated heterocycles. The largest absolute Gasteiger partial charge is 0.298 e. The van der Waals surface area contributed by atoms with Crippen LogP contribution in [-0.4, -0.2) is 23.4 Å². The van der Waals surface area contributed by atoms with Gasteiger partial charge in [0.05, 0.1) is 0 Å². The number of aryl methyl sites for hydroxylation is 1. The van der Waals surface area contributed by atoms with Gasteiger partial charge in [0.2, 0.25) is 0 Å². The Balaban J connectivity index is 1.99. The number of nitrogens with zero attached hydrogens (tertiary/aromatic N) is 1. The number of alkyl halides is 1. The molecule has 1 aromatic rings. The number of rotatable bonds is 2. The van der Waals surface area contributed by atoms with Crippen molar-refractivity contribution in [3.8, 4) is 0 Å². The van der Waals surface area contributed by atoms with Crippen molar-refractivity contribution in [3.63, 3.8) is 0 Å². The van der Waals surface area contributed by atoms with E-state index in [-0.39, 0.29) is 0 Å². The van der Waals surface area contributed by atoms with Crippen LogP contribution in [0.15, 0.2) is 24.3 Å². The topological polar surface area (TPSA) is 3.24 Å². The highest BCUT2D eigenvalue weighted by molar-refractivity contribution is 6.20. The van der Waals surface area contributed by atoms with Gasteiger partial charge in [0.15, 0.2) is 0 Å². The second-order valence-corrected chi connectivity index (χ2v) is 5.02. The highest BCUT2D eigenvalue weighted by Crippen LogP contribution is 2.18. The summed E-state index contributed by atoms with van der Waals surface area (Å²) in [7, 11) is 0. The summed E-state index contributed by atoms with van der Waals surface area (Å²) in [5, 5.41) is 0.350. The third-order valence-electron chi connectivity index (χ3n) is 3.10. The van der Waals surface area contributed by atoms with Gasteiger partial charge < -0.3 is 0 Å². The van der Waals surface area contributed by atoms with Crippen LogP contribution in [0.5, 0.6) is 0 Å². The van der Waals surface area contributed by atoms with Crippen molar-refractivity contribution < 1.29 is 0 Å². The van der Waals surface area contributed by atoms with E-state index in [1.54, 1.807) is 0 Å². The minimum atomic E-state index is 0.350. The van der Waals surface area contributed by atoms with Crippen molar-refractivity contribution >= 4 is 11.6 Å². The maximum absolute atomic E-state index is 6.18. The maximum Gasteiger partial charge on any atom is 0.0463 e. The van der Waals surface area contributed by atoms with Crippen LogP contribution < -0.4 is 0 Å². The van der Waals surface area contributed by atoms with Gasteiger partial charge in [0, 0.05) is 18.5 Å². The predicted octanol–water partition coefficient (Wildman–Crippen LogP) is 3.20. The molecule has 0 aliphatic carbocycles. The van der Waals surface area contributed by atoms with Crippen LogP contribution in [0.2, 0.25) is 0 Å². The first-order chi connectivity index (χ1) is 7.25. The summed E-state index contributed by atoms with van der Waals surface area (Å²) < 4.78 is 0. The lowest BCUT2D eigenvalue weighted by molar-refractivity contribution is 0.224. The molecule has 0 N–H and O–H groups in total. The zero-order chi connectivity index (χ0) is 10.7. The summed E-state index contributed by atoms with van der Waals surface area (Å²) in [4.78, 5) is 2.46. The molecule has 0 aromatic heterocycles. The Morgan fingerprint density at radius 3 is 2.93 bits per heavy atom. The Bertz CT molecular complexity index is 324. The van der Waals surface area contributed by atoms with E-state index >= 15 is 0 Å². The predicted molar refractivity (Wildman–Crippen MR) is 65.3 cm³/mol. The molecule has 0 saturated carbocycles. The molecule has 0 amide bonds. The maximum atomic E-state index is 6.18. The van der Waals surface area contributed by atoms with Crippen LogP contribution in [0.4, 0.5) is 0 Å². The Labute approximate surface area is 97.0 Å². The van der Waals surface area contributed by atoms with Crippen molar-refractivity contribution in [2.45, 2.75) is 31.7 Å². The molecule has 82 valence electrons. The van der Waals surface area contributed by atoms with Gasteiger partial charge in [-0.05, 0) is 37.4 Å². The first-order valence-corrected chi connectivity index (χ1v) is 6.10. The van der Waals surface area contributed by atoms with Crippen molar-refractivity contribution in [2.75, 3.05) is 13.1 Å². The van der Waals surface area contributed by atoms with Crippen molar-refractivity contribution in [1.29, 1.82) is 0 Å². The SMILES string of the molecule is Cc1ccccc1CN1CCCC(Cl)C1. The molecule has 0 spiro atoms. The van der Waals surface area contributed by atoms with E-state index in [2.05, 4.69) is 36.1 Å². The summed E-state index contributed by atoms with van der Waals surface area (Å²) in [6.45, 7) is 5.46. The Hall–Kier alpha value is -0.530. The van der Waals surface area contributed by atoms with E-state index in [0.29, 0.717) is 5.38 Å². The highest BCUT2D eigenvalue weighted by Gasteiger charge is 2.17. The monoisotopic (exact) mass is 223 g/mol. The van der Waals surface area contributed by atoms with Crippen molar-refractivity contribution in [3.05, 3.63) is 35.4 Å². The third kappa shape index (κ3) is 2.96. The Kier molecular flexibility index (Phi) is 3.66. The average Bonchev–Trinajstić information content (AvgIpc) is 2.22. The quantitative estimate of drug-likeness (QED) is 0.696. The molecule has 1 aliphatic rings. The van der Waals surface area contributed by atoms with Gasteiger partial charge in [0.25, 0.3) is 0 Å². The highest BCUT2D eigenvalue weighted by atomic mass is 35.5. The minimum Gasteiger partial charge on any atom is -0.298 e. The number of halogens is 1. The molecule has 1 nitrogen and oxygen atoms in total. The van der Waals surface area contributed by atoms with Crippen LogP contribution in [0.3, 0.4) is 0 Å². The van der Waals surface area contributed by atoms with Crippen LogP contribution in [0, 0.1) is 6.92 Å². The lowest BCUT2D eigenvalue weighted by Crippen LogP contribution is -2.35. The zero-order valence-corrected chi connectivity index (χ0v) is 10.0. The first-order valence-electron chi connectivity index (χ1n) is 5.66. The average molecular weight is 224 g/mol. The van der Waals surface area contributed by atoms with Gasteiger partial charge in [-0.25, -0.2) is 0 Å². The van der Waals surface area contributed by atoms with E-state index in [1.165, 1.54) is 30.5 Å². The second kappa shape index (κ2) is 5.00. The number of benzene rings is 1. The standard InChI is InChI=1S/C13H18ClN/c1-11-5-2-3-6-12(11)9-15-8-4-7-13(14)10-15/h2-3,5-6,13H,4,7-10H2,1H3. The first kappa shape index (κ1) is 11.0. The van der Waals surface area contributed by atoms with Gasteiger partial charge in [-0.15, -0.1) is 11.6 Å². The molecular weight excluding hydrogens is 206 g/mol. The Morgan fingerprint density at radius 1 is 1.40 bits per heavy atom.